The maximum Gasteiger partial charge on any atom is 0.122 e. The molecule has 3 rings (SSSR count). The van der Waals surface area contributed by atoms with E-state index in [1.165, 1.54) is 31.2 Å². The Morgan fingerprint density at radius 3 is 2.82 bits per heavy atom. The van der Waals surface area contributed by atoms with E-state index in [1.807, 2.05) is 0 Å². The van der Waals surface area contributed by atoms with Crippen molar-refractivity contribution in [3.05, 3.63) is 29.8 Å². The highest BCUT2D eigenvalue weighted by Crippen LogP contribution is 2.27. The van der Waals surface area contributed by atoms with Gasteiger partial charge in [0.25, 0.3) is 0 Å². The molecule has 1 aliphatic carbocycles. The molecule has 2 aliphatic rings. The summed E-state index contributed by atoms with van der Waals surface area (Å²) in [6.45, 7) is 1.01. The van der Waals surface area contributed by atoms with Gasteiger partial charge in [-0.15, -0.1) is 0 Å². The number of hydrogen-bond acceptors (Lipinski definition) is 2. The molecule has 1 aromatic carbocycles. The molecule has 0 amide bonds. The van der Waals surface area contributed by atoms with E-state index < -0.39 is 0 Å². The molecule has 1 fully saturated rings. The maximum atomic E-state index is 6.03. The highest BCUT2D eigenvalue weighted by Gasteiger charge is 2.21. The molecular weight excluding hydrogens is 210 g/mol. The molecule has 1 unspecified atom stereocenters. The summed E-state index contributed by atoms with van der Waals surface area (Å²) in [6.07, 6.45) is 8.17. The maximum absolute atomic E-state index is 6.03. The molecule has 0 spiro atoms. The Morgan fingerprint density at radius 1 is 1.12 bits per heavy atom. The molecule has 2 nitrogen and oxygen atoms in total. The number of nitrogens with one attached hydrogen (secondary N) is 1. The Kier molecular flexibility index (Phi) is 3.32. The lowest BCUT2D eigenvalue weighted by atomic mass is 10.0. The Morgan fingerprint density at radius 2 is 1.94 bits per heavy atom. The van der Waals surface area contributed by atoms with Crippen LogP contribution in [0.15, 0.2) is 24.3 Å². The zero-order valence-electron chi connectivity index (χ0n) is 10.3. The second-order valence-corrected chi connectivity index (χ2v) is 5.28. The first kappa shape index (κ1) is 11.1. The molecule has 1 atom stereocenters. The van der Waals surface area contributed by atoms with E-state index in [2.05, 4.69) is 29.6 Å². The van der Waals surface area contributed by atoms with Gasteiger partial charge in [0.1, 0.15) is 11.9 Å². The Hall–Kier alpha value is -1.02. The van der Waals surface area contributed by atoms with Crippen molar-refractivity contribution in [1.29, 1.82) is 0 Å². The summed E-state index contributed by atoms with van der Waals surface area (Å²) in [7, 11) is 0. The van der Waals surface area contributed by atoms with Gasteiger partial charge < -0.3 is 10.1 Å². The first-order valence-corrected chi connectivity index (χ1v) is 6.90. The molecular formula is C15H21NO. The molecule has 2 heteroatoms. The number of para-hydroxylation sites is 1. The van der Waals surface area contributed by atoms with Crippen molar-refractivity contribution in [2.75, 3.05) is 6.54 Å². The number of benzene rings is 1. The van der Waals surface area contributed by atoms with Crippen LogP contribution in [0.3, 0.4) is 0 Å². The van der Waals surface area contributed by atoms with Gasteiger partial charge in [0.15, 0.2) is 0 Å². The summed E-state index contributed by atoms with van der Waals surface area (Å²) >= 11 is 0. The molecule has 92 valence electrons. The number of aryl methyl sites for hydroxylation is 1. The standard InChI is InChI=1S/C15H21NO/c1-4-8-15-12(5-1)9-10-14(17-15)11-16-13-6-2-3-7-13/h1,4-5,8,13-14,16H,2-3,6-7,9-11H2. The van der Waals surface area contributed by atoms with Gasteiger partial charge in [0, 0.05) is 12.6 Å². The molecule has 0 bridgehead atoms. The summed E-state index contributed by atoms with van der Waals surface area (Å²) in [5.74, 6) is 1.09. The van der Waals surface area contributed by atoms with Crippen LogP contribution in [0.5, 0.6) is 5.75 Å². The van der Waals surface area contributed by atoms with Crippen molar-refractivity contribution in [1.82, 2.24) is 5.32 Å². The average Bonchev–Trinajstić information content (AvgIpc) is 2.89. The Labute approximate surface area is 103 Å². The fraction of sp³-hybridized carbons (Fsp3) is 0.600. The molecule has 1 N–H and O–H groups in total. The van der Waals surface area contributed by atoms with E-state index in [-0.39, 0.29) is 0 Å². The summed E-state index contributed by atoms with van der Waals surface area (Å²) in [5, 5.41) is 3.66. The van der Waals surface area contributed by atoms with Gasteiger partial charge in [-0.25, -0.2) is 0 Å². The number of rotatable bonds is 3. The van der Waals surface area contributed by atoms with Gasteiger partial charge in [-0.3, -0.25) is 0 Å². The number of ether oxygens (including phenoxy) is 1. The molecule has 1 saturated carbocycles. The second kappa shape index (κ2) is 5.09. The van der Waals surface area contributed by atoms with Crippen molar-refractivity contribution < 1.29 is 4.74 Å². The van der Waals surface area contributed by atoms with Crippen molar-refractivity contribution >= 4 is 0 Å². The predicted octanol–water partition coefficient (Wildman–Crippen LogP) is 2.91. The van der Waals surface area contributed by atoms with Crippen LogP contribution in [0.2, 0.25) is 0 Å². The molecule has 0 radical (unpaired) electrons. The fourth-order valence-corrected chi connectivity index (χ4v) is 2.95. The van der Waals surface area contributed by atoms with Crippen LogP contribution in [0, 0.1) is 0 Å². The van der Waals surface area contributed by atoms with Crippen molar-refractivity contribution in [3.63, 3.8) is 0 Å². The lowest BCUT2D eigenvalue weighted by Crippen LogP contribution is -2.38. The zero-order valence-corrected chi connectivity index (χ0v) is 10.3. The van der Waals surface area contributed by atoms with E-state index in [0.29, 0.717) is 6.10 Å². The van der Waals surface area contributed by atoms with Crippen molar-refractivity contribution in [2.24, 2.45) is 0 Å². The van der Waals surface area contributed by atoms with E-state index in [0.717, 1.165) is 31.2 Å². The fourth-order valence-electron chi connectivity index (χ4n) is 2.95. The smallest absolute Gasteiger partial charge is 0.122 e. The predicted molar refractivity (Wildman–Crippen MR) is 69.4 cm³/mol. The van der Waals surface area contributed by atoms with Crippen LogP contribution in [0.1, 0.15) is 37.7 Å². The largest absolute Gasteiger partial charge is 0.489 e. The first-order chi connectivity index (χ1) is 8.42. The van der Waals surface area contributed by atoms with Crippen LogP contribution >= 0.6 is 0 Å². The lowest BCUT2D eigenvalue weighted by molar-refractivity contribution is 0.166. The summed E-state index contributed by atoms with van der Waals surface area (Å²) in [5.41, 5.74) is 1.37. The van der Waals surface area contributed by atoms with Gasteiger partial charge in [-0.2, -0.15) is 0 Å². The van der Waals surface area contributed by atoms with Crippen molar-refractivity contribution in [2.45, 2.75) is 50.7 Å². The normalized spacial score (nSPS) is 24.4. The van der Waals surface area contributed by atoms with Gasteiger partial charge in [-0.1, -0.05) is 31.0 Å². The van der Waals surface area contributed by atoms with Gasteiger partial charge in [-0.05, 0) is 37.3 Å². The summed E-state index contributed by atoms with van der Waals surface area (Å²) in [6, 6.07) is 9.17. The minimum atomic E-state index is 0.366. The third kappa shape index (κ3) is 2.63. The topological polar surface area (TPSA) is 21.3 Å². The van der Waals surface area contributed by atoms with E-state index in [9.17, 15) is 0 Å². The lowest BCUT2D eigenvalue weighted by Gasteiger charge is -2.27. The second-order valence-electron chi connectivity index (χ2n) is 5.28. The number of hydrogen-bond donors (Lipinski definition) is 1. The monoisotopic (exact) mass is 231 g/mol. The van der Waals surface area contributed by atoms with E-state index in [4.69, 9.17) is 4.74 Å². The first-order valence-electron chi connectivity index (χ1n) is 6.90. The minimum Gasteiger partial charge on any atom is -0.489 e. The Bertz CT molecular complexity index is 371. The third-order valence-corrected chi connectivity index (χ3v) is 3.99. The van der Waals surface area contributed by atoms with Crippen LogP contribution in [0.4, 0.5) is 0 Å². The SMILES string of the molecule is c1ccc2c(c1)CCC(CNC1CCCC1)O2. The summed E-state index contributed by atoms with van der Waals surface area (Å²) in [4.78, 5) is 0. The zero-order chi connectivity index (χ0) is 11.5. The van der Waals surface area contributed by atoms with Crippen LogP contribution < -0.4 is 10.1 Å². The molecule has 1 aliphatic heterocycles. The van der Waals surface area contributed by atoms with Crippen LogP contribution in [-0.2, 0) is 6.42 Å². The minimum absolute atomic E-state index is 0.366. The van der Waals surface area contributed by atoms with Crippen LogP contribution in [0.25, 0.3) is 0 Å². The van der Waals surface area contributed by atoms with E-state index >= 15 is 0 Å². The highest BCUT2D eigenvalue weighted by molar-refractivity contribution is 5.35. The molecule has 0 saturated heterocycles. The molecule has 17 heavy (non-hydrogen) atoms. The number of fused-ring (bicyclic) bond motifs is 1. The molecule has 1 heterocycles. The van der Waals surface area contributed by atoms with Gasteiger partial charge >= 0.3 is 0 Å². The summed E-state index contributed by atoms with van der Waals surface area (Å²) < 4.78 is 6.03. The average molecular weight is 231 g/mol. The quantitative estimate of drug-likeness (QED) is 0.863. The van der Waals surface area contributed by atoms with Crippen molar-refractivity contribution in [3.8, 4) is 5.75 Å². The molecule has 0 aromatic heterocycles. The highest BCUT2D eigenvalue weighted by atomic mass is 16.5. The third-order valence-electron chi connectivity index (χ3n) is 3.99. The van der Waals surface area contributed by atoms with Gasteiger partial charge in [0.2, 0.25) is 0 Å². The Balaban J connectivity index is 1.53. The van der Waals surface area contributed by atoms with E-state index in [1.54, 1.807) is 0 Å². The van der Waals surface area contributed by atoms with Gasteiger partial charge in [0.05, 0.1) is 0 Å². The van der Waals surface area contributed by atoms with Crippen LogP contribution in [-0.4, -0.2) is 18.7 Å². The molecule has 1 aromatic rings.